The fraction of sp³-hybridized carbons (Fsp3) is 0.733. The molecule has 1 aliphatic carbocycles. The van der Waals surface area contributed by atoms with Gasteiger partial charge in [0.1, 0.15) is 5.82 Å². The summed E-state index contributed by atoms with van der Waals surface area (Å²) >= 11 is 0. The van der Waals surface area contributed by atoms with Crippen LogP contribution in [0.15, 0.2) is 6.20 Å². The van der Waals surface area contributed by atoms with E-state index >= 15 is 0 Å². The number of aryl methyl sites for hydroxylation is 1. The van der Waals surface area contributed by atoms with Gasteiger partial charge in [0.05, 0.1) is 6.04 Å². The van der Waals surface area contributed by atoms with E-state index in [-0.39, 0.29) is 6.04 Å². The number of aromatic nitrogens is 2. The van der Waals surface area contributed by atoms with Crippen LogP contribution in [0.1, 0.15) is 62.5 Å². The van der Waals surface area contributed by atoms with Crippen molar-refractivity contribution in [1.29, 1.82) is 0 Å². The van der Waals surface area contributed by atoms with Crippen LogP contribution in [0.3, 0.4) is 0 Å². The molecule has 1 N–H and O–H groups in total. The summed E-state index contributed by atoms with van der Waals surface area (Å²) in [5, 5.41) is 0. The molecular formula is C15H23N3O. The lowest BCUT2D eigenvalue weighted by molar-refractivity contribution is -0.133. The minimum atomic E-state index is 0.183. The van der Waals surface area contributed by atoms with Crippen LogP contribution in [0.25, 0.3) is 0 Å². The lowest BCUT2D eigenvalue weighted by Crippen LogP contribution is -2.32. The van der Waals surface area contributed by atoms with Gasteiger partial charge in [0.25, 0.3) is 0 Å². The van der Waals surface area contributed by atoms with E-state index in [9.17, 15) is 4.79 Å². The third kappa shape index (κ3) is 2.67. The molecule has 1 aromatic heterocycles. The Bertz CT molecular complexity index is 448. The number of nitrogens with zero attached hydrogens (tertiary/aromatic N) is 2. The second-order valence-electron chi connectivity index (χ2n) is 6.05. The van der Waals surface area contributed by atoms with Gasteiger partial charge >= 0.3 is 0 Å². The Morgan fingerprint density at radius 2 is 2.16 bits per heavy atom. The molecule has 4 nitrogen and oxygen atoms in total. The number of carbonyl (C=O) groups excluding carboxylic acids is 1. The van der Waals surface area contributed by atoms with Crippen molar-refractivity contribution < 1.29 is 4.79 Å². The average Bonchev–Trinajstić information content (AvgIpc) is 3.07. The quantitative estimate of drug-likeness (QED) is 0.909. The molecule has 1 aliphatic heterocycles. The van der Waals surface area contributed by atoms with Gasteiger partial charge in [0.15, 0.2) is 0 Å². The van der Waals surface area contributed by atoms with Crippen LogP contribution in [0.5, 0.6) is 0 Å². The normalized spacial score (nSPS) is 24.3. The van der Waals surface area contributed by atoms with E-state index in [4.69, 9.17) is 0 Å². The number of rotatable bonds is 3. The summed E-state index contributed by atoms with van der Waals surface area (Å²) in [5.74, 6) is 1.94. The molecule has 104 valence electrons. The molecule has 1 atom stereocenters. The highest BCUT2D eigenvalue weighted by Crippen LogP contribution is 2.33. The van der Waals surface area contributed by atoms with Crippen molar-refractivity contribution in [3.8, 4) is 0 Å². The van der Waals surface area contributed by atoms with Crippen molar-refractivity contribution in [2.45, 2.75) is 57.9 Å². The number of hydrogen-bond donors (Lipinski definition) is 1. The first-order valence-electron chi connectivity index (χ1n) is 7.55. The van der Waals surface area contributed by atoms with Gasteiger partial charge in [-0.25, -0.2) is 4.98 Å². The summed E-state index contributed by atoms with van der Waals surface area (Å²) in [6.45, 7) is 2.91. The lowest BCUT2D eigenvalue weighted by Gasteiger charge is -2.24. The number of likely N-dealkylation sites (tertiary alicyclic amines) is 1. The van der Waals surface area contributed by atoms with E-state index in [1.807, 2.05) is 13.1 Å². The number of nitrogens with one attached hydrogen (secondary N) is 1. The summed E-state index contributed by atoms with van der Waals surface area (Å²) in [6.07, 6.45) is 9.83. The Kier molecular flexibility index (Phi) is 3.58. The highest BCUT2D eigenvalue weighted by molar-refractivity contribution is 5.77. The largest absolute Gasteiger partial charge is 0.344 e. The van der Waals surface area contributed by atoms with Crippen molar-refractivity contribution in [2.24, 2.45) is 5.92 Å². The fourth-order valence-electron chi connectivity index (χ4n) is 3.53. The molecule has 0 unspecified atom stereocenters. The number of aromatic amines is 1. The summed E-state index contributed by atoms with van der Waals surface area (Å²) in [7, 11) is 0. The van der Waals surface area contributed by atoms with Crippen LogP contribution >= 0.6 is 0 Å². The predicted octanol–water partition coefficient (Wildman–Crippen LogP) is 2.96. The van der Waals surface area contributed by atoms with E-state index in [0.717, 1.165) is 37.3 Å². The maximum Gasteiger partial charge on any atom is 0.223 e. The van der Waals surface area contributed by atoms with Crippen molar-refractivity contribution in [2.75, 3.05) is 6.54 Å². The first-order chi connectivity index (χ1) is 9.24. The van der Waals surface area contributed by atoms with Gasteiger partial charge in [0.2, 0.25) is 5.91 Å². The smallest absolute Gasteiger partial charge is 0.223 e. The Balaban J connectivity index is 1.66. The van der Waals surface area contributed by atoms with E-state index in [2.05, 4.69) is 14.9 Å². The Labute approximate surface area is 114 Å². The van der Waals surface area contributed by atoms with Crippen molar-refractivity contribution in [1.82, 2.24) is 14.9 Å². The minimum absolute atomic E-state index is 0.183. The van der Waals surface area contributed by atoms with Crippen molar-refractivity contribution in [3.63, 3.8) is 0 Å². The van der Waals surface area contributed by atoms with E-state index in [1.54, 1.807) is 0 Å². The van der Waals surface area contributed by atoms with Gasteiger partial charge in [-0.3, -0.25) is 4.79 Å². The number of carbonyl (C=O) groups is 1. The molecule has 2 aliphatic rings. The van der Waals surface area contributed by atoms with Crippen LogP contribution in [0.4, 0.5) is 0 Å². The molecule has 0 radical (unpaired) electrons. The molecule has 1 amide bonds. The number of amides is 1. The molecule has 1 aromatic rings. The SMILES string of the molecule is Cc1cnc([C@H]2CCCN2C(=O)CC2CCCC2)[nH]1. The maximum absolute atomic E-state index is 12.5. The van der Waals surface area contributed by atoms with Gasteiger partial charge < -0.3 is 9.88 Å². The molecule has 3 rings (SSSR count). The monoisotopic (exact) mass is 261 g/mol. The summed E-state index contributed by atoms with van der Waals surface area (Å²) in [6, 6.07) is 0.183. The molecule has 1 saturated carbocycles. The highest BCUT2D eigenvalue weighted by atomic mass is 16.2. The first kappa shape index (κ1) is 12.7. The predicted molar refractivity (Wildman–Crippen MR) is 73.6 cm³/mol. The van der Waals surface area contributed by atoms with E-state index in [1.165, 1.54) is 25.7 Å². The first-order valence-corrected chi connectivity index (χ1v) is 7.55. The number of H-pyrrole nitrogens is 1. The Morgan fingerprint density at radius 1 is 1.37 bits per heavy atom. The standard InChI is InChI=1S/C15H23N3O/c1-11-10-16-15(17-11)13-7-4-8-18(13)14(19)9-12-5-2-3-6-12/h10,12-13H,2-9H2,1H3,(H,16,17)/t13-/m1/s1. The van der Waals surface area contributed by atoms with Gasteiger partial charge in [-0.2, -0.15) is 0 Å². The zero-order valence-electron chi connectivity index (χ0n) is 11.7. The maximum atomic E-state index is 12.5. The Hall–Kier alpha value is -1.32. The molecule has 1 saturated heterocycles. The topological polar surface area (TPSA) is 49.0 Å². The molecule has 2 heterocycles. The highest BCUT2D eigenvalue weighted by Gasteiger charge is 2.33. The second-order valence-corrected chi connectivity index (χ2v) is 6.05. The summed E-state index contributed by atoms with van der Waals surface area (Å²) in [5.41, 5.74) is 1.07. The molecule has 0 aromatic carbocycles. The molecule has 4 heteroatoms. The third-order valence-electron chi connectivity index (χ3n) is 4.55. The van der Waals surface area contributed by atoms with Crippen LogP contribution in [0, 0.1) is 12.8 Å². The second kappa shape index (κ2) is 5.35. The number of hydrogen-bond acceptors (Lipinski definition) is 2. The Morgan fingerprint density at radius 3 is 2.84 bits per heavy atom. The van der Waals surface area contributed by atoms with Crippen molar-refractivity contribution >= 4 is 5.91 Å². The molecule has 19 heavy (non-hydrogen) atoms. The van der Waals surface area contributed by atoms with Gasteiger partial charge in [-0.15, -0.1) is 0 Å². The van der Waals surface area contributed by atoms with E-state index in [0.29, 0.717) is 11.8 Å². The van der Waals surface area contributed by atoms with Gasteiger partial charge in [-0.1, -0.05) is 12.8 Å². The fourth-order valence-corrected chi connectivity index (χ4v) is 3.53. The molecule has 2 fully saturated rings. The average molecular weight is 261 g/mol. The summed E-state index contributed by atoms with van der Waals surface area (Å²) in [4.78, 5) is 22.2. The van der Waals surface area contributed by atoms with Crippen LogP contribution < -0.4 is 0 Å². The zero-order chi connectivity index (χ0) is 13.2. The van der Waals surface area contributed by atoms with Gasteiger partial charge in [-0.05, 0) is 38.5 Å². The minimum Gasteiger partial charge on any atom is -0.344 e. The molecule has 0 bridgehead atoms. The lowest BCUT2D eigenvalue weighted by atomic mass is 10.0. The van der Waals surface area contributed by atoms with Gasteiger partial charge in [0, 0.05) is 24.9 Å². The van der Waals surface area contributed by atoms with Crippen LogP contribution in [-0.4, -0.2) is 27.3 Å². The third-order valence-corrected chi connectivity index (χ3v) is 4.55. The molecular weight excluding hydrogens is 238 g/mol. The number of imidazole rings is 1. The van der Waals surface area contributed by atoms with Crippen LogP contribution in [-0.2, 0) is 4.79 Å². The summed E-state index contributed by atoms with van der Waals surface area (Å²) < 4.78 is 0. The van der Waals surface area contributed by atoms with E-state index < -0.39 is 0 Å². The molecule has 0 spiro atoms. The van der Waals surface area contributed by atoms with Crippen LogP contribution in [0.2, 0.25) is 0 Å². The van der Waals surface area contributed by atoms with Crippen molar-refractivity contribution in [3.05, 3.63) is 17.7 Å². The zero-order valence-corrected chi connectivity index (χ0v) is 11.7.